The van der Waals surface area contributed by atoms with E-state index in [-0.39, 0.29) is 5.82 Å². The van der Waals surface area contributed by atoms with Gasteiger partial charge in [0.25, 0.3) is 0 Å². The number of benzene rings is 1. The van der Waals surface area contributed by atoms with Gasteiger partial charge in [0.15, 0.2) is 5.82 Å². The quantitative estimate of drug-likeness (QED) is 0.894. The Labute approximate surface area is 92.2 Å². The van der Waals surface area contributed by atoms with E-state index in [9.17, 15) is 4.39 Å². The number of anilines is 1. The van der Waals surface area contributed by atoms with Gasteiger partial charge in [-0.3, -0.25) is 0 Å². The maximum atomic E-state index is 13.6. The molecule has 0 atom stereocenters. The number of likely N-dealkylation sites (N-methyl/N-ethyl adjacent to an activating group) is 2. The number of nitrogens with zero attached hydrogens (tertiary/aromatic N) is 1. The molecule has 0 radical (unpaired) electrons. The second-order valence-electron chi connectivity index (χ2n) is 3.10. The van der Waals surface area contributed by atoms with Crippen LogP contribution < -0.4 is 10.2 Å². The van der Waals surface area contributed by atoms with E-state index in [0.717, 1.165) is 13.1 Å². The molecule has 0 aliphatic carbocycles. The molecule has 0 aromatic heterocycles. The van der Waals surface area contributed by atoms with Crippen LogP contribution in [-0.4, -0.2) is 27.2 Å². The highest BCUT2D eigenvalue weighted by Crippen LogP contribution is 2.24. The second-order valence-corrected chi connectivity index (χ2v) is 3.95. The average Bonchev–Trinajstić information content (AvgIpc) is 2.18. The summed E-state index contributed by atoms with van der Waals surface area (Å²) in [5.74, 6) is -0.203. The lowest BCUT2D eigenvalue weighted by Gasteiger charge is -2.19. The first-order valence-electron chi connectivity index (χ1n) is 4.46. The van der Waals surface area contributed by atoms with Gasteiger partial charge in [-0.1, -0.05) is 6.07 Å². The fourth-order valence-corrected chi connectivity index (χ4v) is 1.54. The van der Waals surface area contributed by atoms with E-state index in [1.54, 1.807) is 12.1 Å². The monoisotopic (exact) mass is 260 g/mol. The molecule has 0 saturated carbocycles. The van der Waals surface area contributed by atoms with Crippen molar-refractivity contribution in [3.63, 3.8) is 0 Å². The summed E-state index contributed by atoms with van der Waals surface area (Å²) in [5.41, 5.74) is 0.620. The van der Waals surface area contributed by atoms with Crippen LogP contribution in [0.1, 0.15) is 0 Å². The zero-order valence-electron chi connectivity index (χ0n) is 8.35. The van der Waals surface area contributed by atoms with Crippen molar-refractivity contribution in [3.05, 3.63) is 28.5 Å². The van der Waals surface area contributed by atoms with E-state index >= 15 is 0 Å². The Balaban J connectivity index is 2.79. The molecular weight excluding hydrogens is 247 g/mol. The van der Waals surface area contributed by atoms with Crippen LogP contribution in [0.4, 0.5) is 10.1 Å². The molecule has 0 aliphatic rings. The highest BCUT2D eigenvalue weighted by atomic mass is 79.9. The second kappa shape index (κ2) is 5.32. The van der Waals surface area contributed by atoms with Crippen LogP contribution in [0.15, 0.2) is 22.7 Å². The lowest BCUT2D eigenvalue weighted by Crippen LogP contribution is -2.27. The third-order valence-corrected chi connectivity index (χ3v) is 2.65. The van der Waals surface area contributed by atoms with Crippen LogP contribution in [0, 0.1) is 5.82 Å². The summed E-state index contributed by atoms with van der Waals surface area (Å²) in [6.45, 7) is 1.62. The van der Waals surface area contributed by atoms with E-state index in [0.29, 0.717) is 10.2 Å². The van der Waals surface area contributed by atoms with Crippen LogP contribution in [0.25, 0.3) is 0 Å². The molecule has 0 saturated heterocycles. The molecule has 4 heteroatoms. The first-order valence-corrected chi connectivity index (χ1v) is 5.26. The predicted octanol–water partition coefficient (Wildman–Crippen LogP) is 2.24. The number of nitrogens with one attached hydrogen (secondary N) is 1. The fourth-order valence-electron chi connectivity index (χ4n) is 1.19. The SMILES string of the molecule is CNCCN(C)c1cccc(Br)c1F. The van der Waals surface area contributed by atoms with Crippen LogP contribution in [0.3, 0.4) is 0 Å². The largest absolute Gasteiger partial charge is 0.371 e. The minimum Gasteiger partial charge on any atom is -0.371 e. The van der Waals surface area contributed by atoms with E-state index < -0.39 is 0 Å². The maximum Gasteiger partial charge on any atom is 0.160 e. The lowest BCUT2D eigenvalue weighted by molar-refractivity contribution is 0.614. The topological polar surface area (TPSA) is 15.3 Å². The first kappa shape index (κ1) is 11.5. The van der Waals surface area contributed by atoms with Crippen molar-refractivity contribution in [2.24, 2.45) is 0 Å². The van der Waals surface area contributed by atoms with Crippen LogP contribution in [0.5, 0.6) is 0 Å². The minimum absolute atomic E-state index is 0.203. The van der Waals surface area contributed by atoms with Crippen LogP contribution in [-0.2, 0) is 0 Å². The van der Waals surface area contributed by atoms with Crippen molar-refractivity contribution in [2.45, 2.75) is 0 Å². The summed E-state index contributed by atoms with van der Waals surface area (Å²) < 4.78 is 14.1. The molecule has 2 nitrogen and oxygen atoms in total. The Morgan fingerprint density at radius 1 is 1.50 bits per heavy atom. The molecule has 0 aliphatic heterocycles. The molecule has 1 N–H and O–H groups in total. The van der Waals surface area contributed by atoms with Crippen molar-refractivity contribution in [1.29, 1.82) is 0 Å². The lowest BCUT2D eigenvalue weighted by atomic mass is 10.3. The molecule has 0 fully saturated rings. The number of halogens is 2. The van der Waals surface area contributed by atoms with Crippen molar-refractivity contribution < 1.29 is 4.39 Å². The standard InChI is InChI=1S/C10H14BrFN2/c1-13-6-7-14(2)9-5-3-4-8(11)10(9)12/h3-5,13H,6-7H2,1-2H3. The Morgan fingerprint density at radius 3 is 2.86 bits per heavy atom. The molecule has 1 aromatic carbocycles. The molecule has 0 unspecified atom stereocenters. The normalized spacial score (nSPS) is 10.3. The highest BCUT2D eigenvalue weighted by Gasteiger charge is 2.08. The molecular formula is C10H14BrFN2. The Hall–Kier alpha value is -0.610. The third kappa shape index (κ3) is 2.69. The number of hydrogen-bond acceptors (Lipinski definition) is 2. The van der Waals surface area contributed by atoms with Gasteiger partial charge in [-0.15, -0.1) is 0 Å². The van der Waals surface area contributed by atoms with Crippen molar-refractivity contribution >= 4 is 21.6 Å². The van der Waals surface area contributed by atoms with Gasteiger partial charge in [0, 0.05) is 20.1 Å². The van der Waals surface area contributed by atoms with E-state index in [2.05, 4.69) is 21.2 Å². The van der Waals surface area contributed by atoms with E-state index in [1.165, 1.54) is 0 Å². The minimum atomic E-state index is -0.203. The van der Waals surface area contributed by atoms with Gasteiger partial charge >= 0.3 is 0 Å². The molecule has 0 bridgehead atoms. The Kier molecular flexibility index (Phi) is 4.35. The number of rotatable bonds is 4. The summed E-state index contributed by atoms with van der Waals surface area (Å²) in [6.07, 6.45) is 0. The van der Waals surface area contributed by atoms with Gasteiger partial charge in [-0.25, -0.2) is 4.39 Å². The highest BCUT2D eigenvalue weighted by molar-refractivity contribution is 9.10. The zero-order valence-corrected chi connectivity index (χ0v) is 9.94. The molecule has 78 valence electrons. The molecule has 0 amide bonds. The smallest absolute Gasteiger partial charge is 0.160 e. The van der Waals surface area contributed by atoms with E-state index in [4.69, 9.17) is 0 Å². The summed E-state index contributed by atoms with van der Waals surface area (Å²) in [4.78, 5) is 1.89. The van der Waals surface area contributed by atoms with E-state index in [1.807, 2.05) is 25.1 Å². The van der Waals surface area contributed by atoms with Gasteiger partial charge in [0.05, 0.1) is 10.2 Å². The van der Waals surface area contributed by atoms with Gasteiger partial charge in [-0.05, 0) is 35.1 Å². The van der Waals surface area contributed by atoms with Crippen LogP contribution in [0.2, 0.25) is 0 Å². The number of hydrogen-bond donors (Lipinski definition) is 1. The van der Waals surface area contributed by atoms with Crippen molar-refractivity contribution in [3.8, 4) is 0 Å². The predicted molar refractivity (Wildman–Crippen MR) is 61.3 cm³/mol. The third-order valence-electron chi connectivity index (χ3n) is 2.04. The van der Waals surface area contributed by atoms with Gasteiger partial charge in [-0.2, -0.15) is 0 Å². The molecule has 0 spiro atoms. The van der Waals surface area contributed by atoms with Crippen molar-refractivity contribution in [1.82, 2.24) is 5.32 Å². The van der Waals surface area contributed by atoms with Crippen molar-refractivity contribution in [2.75, 3.05) is 32.1 Å². The maximum absolute atomic E-state index is 13.6. The molecule has 0 heterocycles. The van der Waals surface area contributed by atoms with Crippen LogP contribution >= 0.6 is 15.9 Å². The summed E-state index contributed by atoms with van der Waals surface area (Å²) in [6, 6.07) is 5.30. The summed E-state index contributed by atoms with van der Waals surface area (Å²) in [7, 11) is 3.76. The molecule has 1 rings (SSSR count). The molecule has 14 heavy (non-hydrogen) atoms. The van der Waals surface area contributed by atoms with Gasteiger partial charge in [0.2, 0.25) is 0 Å². The molecule has 1 aromatic rings. The Morgan fingerprint density at radius 2 is 2.21 bits per heavy atom. The average molecular weight is 261 g/mol. The first-order chi connectivity index (χ1) is 6.66. The van der Waals surface area contributed by atoms with Gasteiger partial charge in [0.1, 0.15) is 0 Å². The summed E-state index contributed by atoms with van der Waals surface area (Å²) >= 11 is 3.17. The zero-order chi connectivity index (χ0) is 10.6. The van der Waals surface area contributed by atoms with Gasteiger partial charge < -0.3 is 10.2 Å². The fraction of sp³-hybridized carbons (Fsp3) is 0.400. The summed E-state index contributed by atoms with van der Waals surface area (Å²) in [5, 5.41) is 3.03. The Bertz CT molecular complexity index is 304.